The number of carbonyl (C=O) groups excluding carboxylic acids is 1. The molecule has 0 unspecified atom stereocenters. The predicted molar refractivity (Wildman–Crippen MR) is 103 cm³/mol. The van der Waals surface area contributed by atoms with E-state index < -0.39 is 0 Å². The summed E-state index contributed by atoms with van der Waals surface area (Å²) in [6, 6.07) is 7.33. The van der Waals surface area contributed by atoms with Gasteiger partial charge in [-0.2, -0.15) is 27.0 Å². The number of carbonyl (C=O) groups is 1. The van der Waals surface area contributed by atoms with Gasteiger partial charge in [0.05, 0.1) is 0 Å². The number of ketones is 1. The second-order valence-corrected chi connectivity index (χ2v) is 6.27. The topological polar surface area (TPSA) is 23.6 Å². The van der Waals surface area contributed by atoms with Gasteiger partial charge in [-0.3, -0.25) is 9.69 Å². The van der Waals surface area contributed by atoms with E-state index in [-0.39, 0.29) is 38.7 Å². The summed E-state index contributed by atoms with van der Waals surface area (Å²) in [4.78, 5) is 16.3. The highest BCUT2D eigenvalue weighted by Gasteiger charge is 2.32. The van der Waals surface area contributed by atoms with Gasteiger partial charge in [-0.15, -0.1) is 0 Å². The van der Waals surface area contributed by atoms with Crippen LogP contribution in [0.15, 0.2) is 24.3 Å². The first kappa shape index (κ1) is 20.3. The maximum atomic E-state index is 13.0. The molecule has 2 fully saturated rings. The van der Waals surface area contributed by atoms with Crippen molar-refractivity contribution in [1.29, 1.82) is 0 Å². The zero-order valence-electron chi connectivity index (χ0n) is 13.6. The molecular weight excluding hydrogens is 331 g/mol. The Hall–Kier alpha value is -0.720. The summed E-state index contributed by atoms with van der Waals surface area (Å²) in [5.74, 6) is 0.450. The maximum absolute atomic E-state index is 13.0. The van der Waals surface area contributed by atoms with E-state index in [4.69, 9.17) is 0 Å². The van der Waals surface area contributed by atoms with E-state index in [1.165, 1.54) is 12.1 Å². The minimum atomic E-state index is -0.182. The Bertz CT molecular complexity index is 504. The molecule has 2 aliphatic rings. The molecule has 0 bridgehead atoms. The van der Waals surface area contributed by atoms with Crippen molar-refractivity contribution in [3.05, 3.63) is 30.1 Å². The van der Waals surface area contributed by atoms with Gasteiger partial charge in [-0.1, -0.05) is 0 Å². The molecule has 0 radical (unpaired) electrons. The molecule has 130 valence electrons. The molecule has 1 aliphatic carbocycles. The summed E-state index contributed by atoms with van der Waals surface area (Å²) in [5, 5.41) is 0. The first-order valence-corrected chi connectivity index (χ1v) is 7.88. The molecule has 0 aromatic heterocycles. The van der Waals surface area contributed by atoms with Crippen LogP contribution in [0.4, 0.5) is 10.1 Å². The van der Waals surface area contributed by atoms with Gasteiger partial charge in [0.25, 0.3) is 0 Å². The molecule has 1 aromatic rings. The van der Waals surface area contributed by atoms with Crippen molar-refractivity contribution in [2.45, 2.75) is 32.2 Å². The van der Waals surface area contributed by atoms with Crippen LogP contribution in [-0.2, 0) is 4.79 Å². The lowest BCUT2D eigenvalue weighted by atomic mass is 10.0. The molecule has 23 heavy (non-hydrogen) atoms. The van der Waals surface area contributed by atoms with Gasteiger partial charge in [-0.05, 0) is 50.5 Å². The number of halogens is 1. The minimum Gasteiger partial charge on any atom is -0.369 e. The first-order valence-electron chi connectivity index (χ1n) is 7.88. The fourth-order valence-electron chi connectivity index (χ4n) is 3.66. The molecule has 6 heteroatoms. The zero-order chi connectivity index (χ0) is 14.8. The Kier molecular flexibility index (Phi) is 7.90. The van der Waals surface area contributed by atoms with Crippen molar-refractivity contribution < 1.29 is 9.18 Å². The highest BCUT2D eigenvalue weighted by molar-refractivity contribution is 7.59. The van der Waals surface area contributed by atoms with E-state index in [9.17, 15) is 9.18 Å². The molecule has 1 aliphatic heterocycles. The average molecular weight is 359 g/mol. The van der Waals surface area contributed by atoms with Crippen molar-refractivity contribution in [2.75, 3.05) is 31.1 Å². The van der Waals surface area contributed by atoms with E-state index in [1.54, 1.807) is 6.92 Å². The Morgan fingerprint density at radius 3 is 2.17 bits per heavy atom. The van der Waals surface area contributed by atoms with Crippen LogP contribution in [0.1, 0.15) is 26.2 Å². The highest BCUT2D eigenvalue weighted by atomic mass is 32.1. The Labute approximate surface area is 152 Å². The summed E-state index contributed by atoms with van der Waals surface area (Å²) >= 11 is 0. The van der Waals surface area contributed by atoms with Gasteiger partial charge in [0.15, 0.2) is 0 Å². The lowest BCUT2D eigenvalue weighted by Crippen LogP contribution is -2.49. The van der Waals surface area contributed by atoms with E-state index in [0.29, 0.717) is 11.8 Å². The molecule has 3 rings (SSSR count). The third-order valence-corrected chi connectivity index (χ3v) is 5.00. The largest absolute Gasteiger partial charge is 0.369 e. The molecule has 0 spiro atoms. The molecule has 0 N–H and O–H groups in total. The lowest BCUT2D eigenvalue weighted by molar-refractivity contribution is -0.120. The number of piperazine rings is 1. The lowest BCUT2D eigenvalue weighted by Gasteiger charge is -2.39. The van der Waals surface area contributed by atoms with E-state index in [2.05, 4.69) is 9.80 Å². The van der Waals surface area contributed by atoms with Gasteiger partial charge in [0.1, 0.15) is 11.6 Å². The average Bonchev–Trinajstić information content (AvgIpc) is 2.98. The minimum absolute atomic E-state index is 0. The van der Waals surface area contributed by atoms with Crippen LogP contribution in [0.3, 0.4) is 0 Å². The fraction of sp³-hybridized carbons (Fsp3) is 0.588. The summed E-state index contributed by atoms with van der Waals surface area (Å²) in [7, 11) is 0. The molecule has 3 nitrogen and oxygen atoms in total. The van der Waals surface area contributed by atoms with Crippen LogP contribution in [-0.4, -0.2) is 42.9 Å². The maximum Gasteiger partial charge on any atom is 0.132 e. The Morgan fingerprint density at radius 1 is 1.04 bits per heavy atom. The summed E-state index contributed by atoms with van der Waals surface area (Å²) in [6.45, 7) is 5.75. The van der Waals surface area contributed by atoms with Crippen LogP contribution in [0.5, 0.6) is 0 Å². The second kappa shape index (κ2) is 8.94. The van der Waals surface area contributed by atoms with Crippen molar-refractivity contribution >= 4 is 38.5 Å². The molecule has 1 saturated carbocycles. The van der Waals surface area contributed by atoms with Crippen LogP contribution in [0.25, 0.3) is 0 Å². The normalized spacial score (nSPS) is 24.7. The smallest absolute Gasteiger partial charge is 0.132 e. The van der Waals surface area contributed by atoms with Crippen molar-refractivity contribution in [2.24, 2.45) is 5.92 Å². The molecule has 0 amide bonds. The number of rotatable bonds is 3. The molecule has 2 atom stereocenters. The first-order chi connectivity index (χ1) is 10.1. The number of hydrogen-bond acceptors (Lipinski definition) is 3. The number of benzene rings is 1. The number of hydrogen-bond donors (Lipinski definition) is 0. The van der Waals surface area contributed by atoms with Crippen LogP contribution in [0, 0.1) is 11.7 Å². The Morgan fingerprint density at radius 2 is 1.65 bits per heavy atom. The molecule has 1 aromatic carbocycles. The van der Waals surface area contributed by atoms with Gasteiger partial charge in [0, 0.05) is 43.8 Å². The predicted octanol–water partition coefficient (Wildman–Crippen LogP) is 2.93. The number of anilines is 1. The van der Waals surface area contributed by atoms with E-state index in [1.807, 2.05) is 12.1 Å². The SMILES string of the molecule is CC(=O)[C@H]1CC[C@H](N2CCN(c3ccc(F)cc3)CC2)C1.S.S. The number of Topliss-reactive ketones (excluding diaryl/α,β-unsaturated/α-hetero) is 1. The number of nitrogens with zero attached hydrogens (tertiary/aromatic N) is 2. The van der Waals surface area contributed by atoms with Crippen LogP contribution < -0.4 is 4.90 Å². The van der Waals surface area contributed by atoms with E-state index in [0.717, 1.165) is 51.1 Å². The summed E-state index contributed by atoms with van der Waals surface area (Å²) in [5.41, 5.74) is 1.10. The quantitative estimate of drug-likeness (QED) is 0.830. The monoisotopic (exact) mass is 358 g/mol. The van der Waals surface area contributed by atoms with Crippen molar-refractivity contribution in [3.63, 3.8) is 0 Å². The summed E-state index contributed by atoms with van der Waals surface area (Å²) < 4.78 is 13.0. The highest BCUT2D eigenvalue weighted by Crippen LogP contribution is 2.31. The van der Waals surface area contributed by atoms with Gasteiger partial charge in [0.2, 0.25) is 0 Å². The van der Waals surface area contributed by atoms with Crippen LogP contribution >= 0.6 is 27.0 Å². The molecular formula is C17H27FN2OS2. The van der Waals surface area contributed by atoms with Crippen molar-refractivity contribution in [1.82, 2.24) is 4.90 Å². The van der Waals surface area contributed by atoms with Crippen molar-refractivity contribution in [3.8, 4) is 0 Å². The molecule has 1 saturated heterocycles. The van der Waals surface area contributed by atoms with Gasteiger partial charge < -0.3 is 4.90 Å². The third kappa shape index (κ3) is 4.88. The fourth-order valence-corrected chi connectivity index (χ4v) is 3.66. The second-order valence-electron chi connectivity index (χ2n) is 6.27. The standard InChI is InChI=1S/C17H23FN2O.2H2S/c1-13(21)14-2-5-17(12-14)20-10-8-19(9-11-20)16-6-3-15(18)4-7-16;;/h3-4,6-7,14,17H,2,5,8-12H2,1H3;2*1H2/t14-,17-;;/m0../s1. The van der Waals surface area contributed by atoms with Gasteiger partial charge >= 0.3 is 0 Å². The van der Waals surface area contributed by atoms with Crippen LogP contribution in [0.2, 0.25) is 0 Å². The third-order valence-electron chi connectivity index (χ3n) is 5.00. The van der Waals surface area contributed by atoms with Gasteiger partial charge in [-0.25, -0.2) is 4.39 Å². The zero-order valence-corrected chi connectivity index (χ0v) is 15.6. The summed E-state index contributed by atoms with van der Waals surface area (Å²) in [6.07, 6.45) is 3.24. The Balaban J connectivity index is 0.00000132. The van der Waals surface area contributed by atoms with E-state index >= 15 is 0 Å². The molecule has 1 heterocycles.